The van der Waals surface area contributed by atoms with Crippen LogP contribution in [0.15, 0.2) is 0 Å². The summed E-state index contributed by atoms with van der Waals surface area (Å²) in [6.07, 6.45) is 6.34. The summed E-state index contributed by atoms with van der Waals surface area (Å²) in [7, 11) is 2.07. The molecular formula is C11H23NOS. The van der Waals surface area contributed by atoms with Crippen molar-refractivity contribution in [1.82, 2.24) is 5.32 Å². The van der Waals surface area contributed by atoms with Crippen LogP contribution >= 0.6 is 11.8 Å². The first-order valence-corrected chi connectivity index (χ1v) is 6.65. The maximum absolute atomic E-state index is 8.86. The topological polar surface area (TPSA) is 32.3 Å². The Morgan fingerprint density at radius 1 is 1.43 bits per heavy atom. The molecule has 3 atom stereocenters. The minimum absolute atomic E-state index is 0.325. The van der Waals surface area contributed by atoms with Gasteiger partial charge in [-0.3, -0.25) is 0 Å². The largest absolute Gasteiger partial charge is 0.396 e. The SMILES string of the molecule is CNC1CCCCC1SC(C)CCO. The second-order valence-electron chi connectivity index (χ2n) is 4.18. The maximum atomic E-state index is 8.86. The van der Waals surface area contributed by atoms with Gasteiger partial charge in [0, 0.05) is 23.1 Å². The van der Waals surface area contributed by atoms with Gasteiger partial charge in [0.25, 0.3) is 0 Å². The molecule has 1 saturated carbocycles. The minimum Gasteiger partial charge on any atom is -0.396 e. The number of nitrogens with one attached hydrogen (secondary N) is 1. The summed E-state index contributed by atoms with van der Waals surface area (Å²) >= 11 is 2.06. The number of aliphatic hydroxyl groups is 1. The van der Waals surface area contributed by atoms with Crippen LogP contribution in [-0.4, -0.2) is 35.3 Å². The van der Waals surface area contributed by atoms with Crippen LogP contribution in [0.4, 0.5) is 0 Å². The van der Waals surface area contributed by atoms with Crippen LogP contribution in [0.3, 0.4) is 0 Å². The Kier molecular flexibility index (Phi) is 5.90. The number of thioether (sulfide) groups is 1. The van der Waals surface area contributed by atoms with Crippen LogP contribution in [0.2, 0.25) is 0 Å². The van der Waals surface area contributed by atoms with Crippen molar-refractivity contribution < 1.29 is 5.11 Å². The van der Waals surface area contributed by atoms with Crippen molar-refractivity contribution in [1.29, 1.82) is 0 Å². The lowest BCUT2D eigenvalue weighted by molar-refractivity contribution is 0.288. The lowest BCUT2D eigenvalue weighted by Gasteiger charge is -2.32. The van der Waals surface area contributed by atoms with Gasteiger partial charge in [0.1, 0.15) is 0 Å². The van der Waals surface area contributed by atoms with Crippen molar-refractivity contribution in [3.8, 4) is 0 Å². The molecule has 2 nitrogen and oxygen atoms in total. The van der Waals surface area contributed by atoms with E-state index in [9.17, 15) is 0 Å². The van der Waals surface area contributed by atoms with E-state index in [0.717, 1.165) is 11.7 Å². The van der Waals surface area contributed by atoms with Gasteiger partial charge < -0.3 is 10.4 Å². The molecule has 0 aromatic heterocycles. The highest BCUT2D eigenvalue weighted by Crippen LogP contribution is 2.32. The monoisotopic (exact) mass is 217 g/mol. The molecule has 0 aromatic carbocycles. The van der Waals surface area contributed by atoms with Crippen LogP contribution in [0.5, 0.6) is 0 Å². The Balaban J connectivity index is 2.32. The van der Waals surface area contributed by atoms with E-state index in [1.54, 1.807) is 0 Å². The van der Waals surface area contributed by atoms with Crippen molar-refractivity contribution in [2.24, 2.45) is 0 Å². The second kappa shape index (κ2) is 6.70. The molecule has 2 N–H and O–H groups in total. The Hall–Kier alpha value is 0.270. The first-order valence-electron chi connectivity index (χ1n) is 5.71. The van der Waals surface area contributed by atoms with Crippen LogP contribution in [0.1, 0.15) is 39.0 Å². The van der Waals surface area contributed by atoms with Crippen molar-refractivity contribution in [3.63, 3.8) is 0 Å². The van der Waals surface area contributed by atoms with Gasteiger partial charge in [-0.1, -0.05) is 19.8 Å². The predicted octanol–water partition coefficient (Wildman–Crippen LogP) is 2.02. The molecule has 0 spiro atoms. The first-order chi connectivity index (χ1) is 6.77. The highest BCUT2D eigenvalue weighted by Gasteiger charge is 2.25. The van der Waals surface area contributed by atoms with E-state index in [1.807, 2.05) is 0 Å². The molecule has 1 aliphatic carbocycles. The summed E-state index contributed by atoms with van der Waals surface area (Å²) in [5.41, 5.74) is 0. The van der Waals surface area contributed by atoms with E-state index in [-0.39, 0.29) is 0 Å². The van der Waals surface area contributed by atoms with Gasteiger partial charge >= 0.3 is 0 Å². The van der Waals surface area contributed by atoms with Gasteiger partial charge in [-0.15, -0.1) is 0 Å². The van der Waals surface area contributed by atoms with Gasteiger partial charge in [-0.05, 0) is 26.3 Å². The molecule has 0 bridgehead atoms. The standard InChI is InChI=1S/C11H23NOS/c1-9(7-8-13)14-11-6-4-3-5-10(11)12-2/h9-13H,3-8H2,1-2H3. The van der Waals surface area contributed by atoms with E-state index in [1.165, 1.54) is 25.7 Å². The van der Waals surface area contributed by atoms with Crippen molar-refractivity contribution in [3.05, 3.63) is 0 Å². The van der Waals surface area contributed by atoms with Gasteiger partial charge in [-0.25, -0.2) is 0 Å². The second-order valence-corrected chi connectivity index (χ2v) is 5.86. The number of aliphatic hydroxyl groups excluding tert-OH is 1. The molecule has 0 aliphatic heterocycles. The zero-order chi connectivity index (χ0) is 10.4. The molecular weight excluding hydrogens is 194 g/mol. The minimum atomic E-state index is 0.325. The molecule has 1 fully saturated rings. The molecule has 84 valence electrons. The van der Waals surface area contributed by atoms with Gasteiger partial charge in [-0.2, -0.15) is 11.8 Å². The van der Waals surface area contributed by atoms with Gasteiger partial charge in [0.15, 0.2) is 0 Å². The third kappa shape index (κ3) is 3.79. The lowest BCUT2D eigenvalue weighted by Crippen LogP contribution is -2.39. The quantitative estimate of drug-likeness (QED) is 0.739. The van der Waals surface area contributed by atoms with E-state index < -0.39 is 0 Å². The Morgan fingerprint density at radius 2 is 2.14 bits per heavy atom. The Labute approximate surface area is 91.9 Å². The van der Waals surface area contributed by atoms with Crippen LogP contribution < -0.4 is 5.32 Å². The normalized spacial score (nSPS) is 30.2. The zero-order valence-corrected chi connectivity index (χ0v) is 10.1. The molecule has 14 heavy (non-hydrogen) atoms. The Bertz CT molecular complexity index is 154. The van der Waals surface area contributed by atoms with Crippen LogP contribution in [-0.2, 0) is 0 Å². The fraction of sp³-hybridized carbons (Fsp3) is 1.00. The van der Waals surface area contributed by atoms with E-state index >= 15 is 0 Å². The highest BCUT2D eigenvalue weighted by molar-refractivity contribution is 8.00. The molecule has 1 rings (SSSR count). The van der Waals surface area contributed by atoms with Crippen LogP contribution in [0.25, 0.3) is 0 Å². The predicted molar refractivity (Wildman–Crippen MR) is 63.9 cm³/mol. The maximum Gasteiger partial charge on any atom is 0.0441 e. The molecule has 0 aromatic rings. The van der Waals surface area contributed by atoms with E-state index in [2.05, 4.69) is 31.1 Å². The number of rotatable bonds is 5. The van der Waals surface area contributed by atoms with Crippen molar-refractivity contribution in [2.75, 3.05) is 13.7 Å². The molecule has 3 heteroatoms. The summed E-state index contributed by atoms with van der Waals surface area (Å²) in [4.78, 5) is 0. The fourth-order valence-electron chi connectivity index (χ4n) is 2.14. The zero-order valence-electron chi connectivity index (χ0n) is 9.33. The van der Waals surface area contributed by atoms with E-state index in [4.69, 9.17) is 5.11 Å². The average Bonchev–Trinajstić information content (AvgIpc) is 2.19. The molecule has 0 amide bonds. The molecule has 0 heterocycles. The summed E-state index contributed by atoms with van der Waals surface area (Å²) in [5, 5.41) is 13.6. The van der Waals surface area contributed by atoms with Gasteiger partial charge in [0.2, 0.25) is 0 Å². The summed E-state index contributed by atoms with van der Waals surface area (Å²) in [6, 6.07) is 0.690. The third-order valence-corrected chi connectivity index (χ3v) is 4.63. The summed E-state index contributed by atoms with van der Waals surface area (Å²) in [6.45, 7) is 2.55. The smallest absolute Gasteiger partial charge is 0.0441 e. The molecule has 3 unspecified atom stereocenters. The molecule has 0 radical (unpaired) electrons. The lowest BCUT2D eigenvalue weighted by atomic mass is 9.95. The van der Waals surface area contributed by atoms with Crippen LogP contribution in [0, 0.1) is 0 Å². The van der Waals surface area contributed by atoms with Gasteiger partial charge in [0.05, 0.1) is 0 Å². The third-order valence-electron chi connectivity index (χ3n) is 3.02. The first kappa shape index (κ1) is 12.3. The van der Waals surface area contributed by atoms with Crippen molar-refractivity contribution in [2.45, 2.75) is 55.6 Å². The fourth-order valence-corrected chi connectivity index (χ4v) is 3.74. The molecule has 1 aliphatic rings. The highest BCUT2D eigenvalue weighted by atomic mass is 32.2. The van der Waals surface area contributed by atoms with E-state index in [0.29, 0.717) is 17.9 Å². The summed E-state index contributed by atoms with van der Waals surface area (Å²) in [5.74, 6) is 0. The number of hydrogen-bond donors (Lipinski definition) is 2. The molecule has 0 saturated heterocycles. The van der Waals surface area contributed by atoms with Crippen molar-refractivity contribution >= 4 is 11.8 Å². The summed E-state index contributed by atoms with van der Waals surface area (Å²) < 4.78 is 0. The number of hydrogen-bond acceptors (Lipinski definition) is 3. The Morgan fingerprint density at radius 3 is 2.79 bits per heavy atom. The average molecular weight is 217 g/mol.